The van der Waals surface area contributed by atoms with E-state index in [2.05, 4.69) is 6.58 Å². The Labute approximate surface area is 214 Å². The summed E-state index contributed by atoms with van der Waals surface area (Å²) in [6, 6.07) is 10.0. The number of piperidine rings is 3. The number of aromatic nitrogens is 1. The number of nitrogens with zero attached hydrogens (tertiary/aromatic N) is 2. The molecule has 7 heteroatoms. The van der Waals surface area contributed by atoms with Crippen molar-refractivity contribution in [1.29, 1.82) is 0 Å². The van der Waals surface area contributed by atoms with E-state index in [0.29, 0.717) is 18.4 Å². The lowest BCUT2D eigenvalue weighted by Gasteiger charge is -2.52. The van der Waals surface area contributed by atoms with Crippen molar-refractivity contribution in [3.63, 3.8) is 0 Å². The maximum atomic E-state index is 12.1. The van der Waals surface area contributed by atoms with Crippen LogP contribution in [0.25, 0.3) is 0 Å². The number of carboxylic acid groups (broad SMARTS) is 1. The Hall–Kier alpha value is -2.48. The van der Waals surface area contributed by atoms with E-state index in [1.54, 1.807) is 0 Å². The summed E-state index contributed by atoms with van der Waals surface area (Å²) in [5.74, 6) is 2.92. The largest absolute Gasteiger partial charge is 0.483 e. The average Bonchev–Trinajstić information content (AvgIpc) is 3.39. The van der Waals surface area contributed by atoms with Crippen molar-refractivity contribution in [1.82, 2.24) is 4.98 Å². The molecule has 1 aromatic carbocycles. The molecule has 3 saturated heterocycles. The summed E-state index contributed by atoms with van der Waals surface area (Å²) < 4.78 is 13.3. The van der Waals surface area contributed by atoms with Gasteiger partial charge in [0, 0.05) is 24.7 Å². The number of carbonyl (C=O) groups is 1. The molecule has 4 heterocycles. The molecule has 4 fully saturated rings. The van der Waals surface area contributed by atoms with Crippen LogP contribution in [0.4, 0.5) is 0 Å². The van der Waals surface area contributed by atoms with Crippen molar-refractivity contribution in [3.05, 3.63) is 66.4 Å². The quantitative estimate of drug-likeness (QED) is 0.225. The van der Waals surface area contributed by atoms with Crippen molar-refractivity contribution < 1.29 is 28.6 Å². The molecular weight excluding hydrogens is 456 g/mol. The molecule has 196 valence electrons. The summed E-state index contributed by atoms with van der Waals surface area (Å²) in [7, 11) is 0. The lowest BCUT2D eigenvalue weighted by atomic mass is 9.73. The van der Waals surface area contributed by atoms with E-state index in [0.717, 1.165) is 67.1 Å². The molecule has 2 atom stereocenters. The van der Waals surface area contributed by atoms with Gasteiger partial charge in [0.05, 0.1) is 39.0 Å². The molecule has 2 aromatic rings. The predicted molar refractivity (Wildman–Crippen MR) is 137 cm³/mol. The third kappa shape index (κ3) is 5.74. The van der Waals surface area contributed by atoms with Crippen molar-refractivity contribution in [3.8, 4) is 0 Å². The summed E-state index contributed by atoms with van der Waals surface area (Å²) in [6.07, 6.45) is 11.8. The highest BCUT2D eigenvalue weighted by Crippen LogP contribution is 2.44. The molecule has 2 bridgehead atoms. The van der Waals surface area contributed by atoms with E-state index in [9.17, 15) is 5.11 Å². The van der Waals surface area contributed by atoms with E-state index in [-0.39, 0.29) is 12.4 Å². The smallest absolute Gasteiger partial charge is 0.290 e. The Balaban J connectivity index is 0.000000967. The minimum atomic E-state index is -1.16. The molecule has 3 aliphatic heterocycles. The molecule has 1 aromatic heterocycles. The average molecular weight is 498 g/mol. The fraction of sp³-hybridized carbons (Fsp3) is 0.586. The molecule has 0 radical (unpaired) electrons. The van der Waals surface area contributed by atoms with Gasteiger partial charge in [0.25, 0.3) is 6.47 Å². The van der Waals surface area contributed by atoms with Crippen LogP contribution in [-0.2, 0) is 21.7 Å². The lowest BCUT2D eigenvalue weighted by Crippen LogP contribution is -2.61. The zero-order valence-corrected chi connectivity index (χ0v) is 21.3. The number of oxazole rings is 1. The van der Waals surface area contributed by atoms with Gasteiger partial charge in [-0.3, -0.25) is 4.79 Å². The number of hydrogen-bond acceptors (Lipinski definition) is 5. The van der Waals surface area contributed by atoms with Crippen LogP contribution in [0.15, 0.2) is 53.6 Å². The van der Waals surface area contributed by atoms with Crippen LogP contribution in [0.3, 0.4) is 0 Å². The molecule has 0 amide bonds. The number of quaternary nitrogens is 1. The van der Waals surface area contributed by atoms with E-state index in [4.69, 9.17) is 24.0 Å². The molecular formula is C29H41N2O5+. The second kappa shape index (κ2) is 12.2. The first-order chi connectivity index (χ1) is 17.5. The van der Waals surface area contributed by atoms with Gasteiger partial charge in [0.2, 0.25) is 5.89 Å². The molecule has 7 nitrogen and oxygen atoms in total. The van der Waals surface area contributed by atoms with Gasteiger partial charge in [-0.2, -0.15) is 0 Å². The number of ether oxygens (including phenoxy) is 1. The van der Waals surface area contributed by atoms with Crippen LogP contribution in [0.5, 0.6) is 0 Å². The molecule has 1 saturated carbocycles. The molecule has 1 aliphatic carbocycles. The van der Waals surface area contributed by atoms with Crippen LogP contribution >= 0.6 is 0 Å². The van der Waals surface area contributed by atoms with Crippen molar-refractivity contribution in [2.75, 3.05) is 32.8 Å². The maximum absolute atomic E-state index is 12.1. The number of rotatable bonds is 9. The zero-order chi connectivity index (χ0) is 25.4. The van der Waals surface area contributed by atoms with E-state index in [1.165, 1.54) is 32.4 Å². The minimum Gasteiger partial charge on any atom is -0.483 e. The molecule has 6 rings (SSSR count). The van der Waals surface area contributed by atoms with Crippen LogP contribution < -0.4 is 0 Å². The van der Waals surface area contributed by atoms with E-state index in [1.807, 2.05) is 42.6 Å². The summed E-state index contributed by atoms with van der Waals surface area (Å²) in [4.78, 5) is 13.1. The molecule has 1 unspecified atom stereocenters. The van der Waals surface area contributed by atoms with Gasteiger partial charge in [0.15, 0.2) is 11.4 Å². The Morgan fingerprint density at radius 2 is 1.83 bits per heavy atom. The van der Waals surface area contributed by atoms with Crippen LogP contribution in [0, 0.1) is 17.8 Å². The first-order valence-corrected chi connectivity index (χ1v) is 13.4. The second-order valence-corrected chi connectivity index (χ2v) is 10.8. The topological polar surface area (TPSA) is 92.8 Å². The minimum absolute atomic E-state index is 0.143. The normalized spacial score (nSPS) is 27.5. The SMILES string of the molecule is C=CCOCC1C[N+]2(Cc3cnc([C@](O)(c4ccccc4)C4CCCCC4)o3)CCC1CC2.O=CO. The number of aliphatic hydroxyl groups is 1. The fourth-order valence-electron chi connectivity index (χ4n) is 6.78. The van der Waals surface area contributed by atoms with Crippen LogP contribution in [0.1, 0.15) is 62.2 Å². The Morgan fingerprint density at radius 1 is 1.14 bits per heavy atom. The third-order valence-electron chi connectivity index (χ3n) is 8.59. The first-order valence-electron chi connectivity index (χ1n) is 13.4. The van der Waals surface area contributed by atoms with Crippen molar-refractivity contribution in [2.45, 2.75) is 57.1 Å². The Bertz CT molecular complexity index is 963. The van der Waals surface area contributed by atoms with Crippen molar-refractivity contribution in [2.24, 2.45) is 17.8 Å². The molecule has 4 aliphatic rings. The monoisotopic (exact) mass is 497 g/mol. The van der Waals surface area contributed by atoms with Gasteiger partial charge in [-0.1, -0.05) is 55.7 Å². The van der Waals surface area contributed by atoms with Crippen molar-refractivity contribution >= 4 is 6.47 Å². The summed E-state index contributed by atoms with van der Waals surface area (Å²) in [5, 5.41) is 19.0. The van der Waals surface area contributed by atoms with Gasteiger partial charge in [-0.15, -0.1) is 6.58 Å². The third-order valence-corrected chi connectivity index (χ3v) is 8.59. The molecule has 0 spiro atoms. The van der Waals surface area contributed by atoms with Gasteiger partial charge in [-0.05, 0) is 24.3 Å². The predicted octanol–water partition coefficient (Wildman–Crippen LogP) is 4.75. The Kier molecular flexibility index (Phi) is 8.99. The summed E-state index contributed by atoms with van der Waals surface area (Å²) in [5.41, 5.74) is -0.258. The van der Waals surface area contributed by atoms with E-state index >= 15 is 0 Å². The van der Waals surface area contributed by atoms with Gasteiger partial charge >= 0.3 is 0 Å². The number of fused-ring (bicyclic) bond motifs is 3. The zero-order valence-electron chi connectivity index (χ0n) is 21.3. The number of hydrogen-bond donors (Lipinski definition) is 2. The van der Waals surface area contributed by atoms with Gasteiger partial charge < -0.3 is 23.9 Å². The highest BCUT2D eigenvalue weighted by atomic mass is 16.5. The summed E-state index contributed by atoms with van der Waals surface area (Å²) >= 11 is 0. The first kappa shape index (κ1) is 26.6. The number of benzene rings is 1. The Morgan fingerprint density at radius 3 is 2.50 bits per heavy atom. The fourth-order valence-corrected chi connectivity index (χ4v) is 6.78. The molecule has 36 heavy (non-hydrogen) atoms. The lowest BCUT2D eigenvalue weighted by molar-refractivity contribution is -0.960. The van der Waals surface area contributed by atoms with Crippen LogP contribution in [-0.4, -0.2) is 59.0 Å². The maximum Gasteiger partial charge on any atom is 0.290 e. The van der Waals surface area contributed by atoms with Crippen LogP contribution in [0.2, 0.25) is 0 Å². The summed E-state index contributed by atoms with van der Waals surface area (Å²) in [6.45, 7) is 9.37. The van der Waals surface area contributed by atoms with Gasteiger partial charge in [0.1, 0.15) is 6.54 Å². The highest BCUT2D eigenvalue weighted by molar-refractivity contribution is 5.32. The highest BCUT2D eigenvalue weighted by Gasteiger charge is 2.48. The second-order valence-electron chi connectivity index (χ2n) is 10.8. The standard InChI is InChI=1S/C28H39N2O3.CH2O2/c1-2-17-32-21-23-19-30(15-13-22(23)14-16-30)20-26-18-29-27(33-26)28(31,24-9-5-3-6-10-24)25-11-7-4-8-12-25;2-1-3/h2-3,5-6,9-10,18,22-23,25,31H,1,4,7-8,11-17,19-21H2;1H,(H,2,3)/q+1;/t22?,23?,28-,30?;/m0./s1. The molecule has 2 N–H and O–H groups in total. The van der Waals surface area contributed by atoms with E-state index < -0.39 is 5.60 Å². The van der Waals surface area contributed by atoms with Gasteiger partial charge in [-0.25, -0.2) is 4.98 Å².